The fourth-order valence-corrected chi connectivity index (χ4v) is 12.9. The normalized spacial score (nSPS) is 13.7. The molecule has 0 spiro atoms. The highest BCUT2D eigenvalue weighted by molar-refractivity contribution is 6.06. The van der Waals surface area contributed by atoms with E-state index >= 15 is 0 Å². The number of carbonyl (C=O) groups excluding carboxylic acids is 3. The molecular weight excluding hydrogens is 1450 g/mol. The smallest absolute Gasteiger partial charge is 0.255 e. The number of nitrogens with one attached hydrogen (secondary N) is 6. The lowest BCUT2D eigenvalue weighted by molar-refractivity contribution is 0.0357. The molecule has 6 N–H and O–H groups in total. The summed E-state index contributed by atoms with van der Waals surface area (Å²) in [6, 6.07) is 61.1. The number of aromatic nitrogens is 6. The minimum absolute atomic E-state index is 0.153. The van der Waals surface area contributed by atoms with Crippen LogP contribution in [0.4, 0.5) is 51.6 Å². The first kappa shape index (κ1) is 79.5. The van der Waals surface area contributed by atoms with Gasteiger partial charge in [0.2, 0.25) is 0 Å². The van der Waals surface area contributed by atoms with Crippen LogP contribution in [0.2, 0.25) is 0 Å². The lowest BCUT2D eigenvalue weighted by atomic mass is 10.2. The third kappa shape index (κ3) is 22.6. The van der Waals surface area contributed by atoms with Gasteiger partial charge in [0, 0.05) is 144 Å². The molecule has 6 heterocycles. The average molecular weight is 1540 g/mol. The third-order valence-corrected chi connectivity index (χ3v) is 19.0. The van der Waals surface area contributed by atoms with Gasteiger partial charge in [-0.2, -0.15) is 0 Å². The Kier molecular flexibility index (Phi) is 28.6. The minimum atomic E-state index is -0.153. The molecule has 3 aromatic heterocycles. The molecule has 0 atom stereocenters. The van der Waals surface area contributed by atoms with E-state index in [-0.39, 0.29) is 17.7 Å². The second-order valence-corrected chi connectivity index (χ2v) is 26.8. The topological polar surface area (TPSA) is 294 Å². The van der Waals surface area contributed by atoms with E-state index in [2.05, 4.69) is 76.5 Å². The maximum atomic E-state index is 12.4. The lowest BCUT2D eigenvalue weighted by Crippen LogP contribution is -2.37. The first-order valence-electron chi connectivity index (χ1n) is 38.1. The molecule has 0 radical (unpaired) electrons. The van der Waals surface area contributed by atoms with Crippen molar-refractivity contribution in [2.24, 2.45) is 0 Å². The van der Waals surface area contributed by atoms with Crippen LogP contribution in [0.5, 0.6) is 34.5 Å². The van der Waals surface area contributed by atoms with Crippen LogP contribution in [0, 0.1) is 0 Å². The molecule has 3 amide bonds. The lowest BCUT2D eigenvalue weighted by Gasteiger charge is -2.26. The summed E-state index contributed by atoms with van der Waals surface area (Å²) < 4.78 is 51.3. The Balaban J connectivity index is 0.000000149. The Morgan fingerprint density at radius 3 is 0.833 bits per heavy atom. The highest BCUT2D eigenvalue weighted by atomic mass is 16.5. The molecule has 15 rings (SSSR count). The van der Waals surface area contributed by atoms with E-state index in [1.54, 1.807) is 57.7 Å². The number of carbonyl (C=O) groups is 3. The Labute approximate surface area is 661 Å². The number of rotatable bonds is 30. The van der Waals surface area contributed by atoms with Crippen LogP contribution in [-0.2, 0) is 14.2 Å². The fourth-order valence-electron chi connectivity index (χ4n) is 12.9. The van der Waals surface area contributed by atoms with Gasteiger partial charge in [-0.15, -0.1) is 0 Å². The first-order valence-corrected chi connectivity index (χ1v) is 38.1. The molecular formula is C87H93N15O12. The maximum absolute atomic E-state index is 12.4. The van der Waals surface area contributed by atoms with Crippen LogP contribution < -0.4 is 60.3 Å². The van der Waals surface area contributed by atoms with Gasteiger partial charge in [0.15, 0.2) is 34.5 Å². The standard InChI is InChI=1S/3C29H31N5O4/c3*1-36-26-18-24-25(19-27(26)38-15-5-12-34-13-16-37-17-14-34)30-20-31-28(24)32-22-8-10-23(11-9-22)33-29(35)21-6-3-2-4-7-21/h3*2-4,6-11,18-20H,5,12-17H2,1H3,(H,33,35)(H,30,31,32). The molecule has 0 aliphatic carbocycles. The van der Waals surface area contributed by atoms with E-state index in [0.29, 0.717) is 106 Å². The SMILES string of the molecule is COc1cc2c(Nc3ccc(NC(=O)c4ccccc4)cc3)ncnc2cc1OCCCN1CCOCC1.COc1cc2c(Nc3ccc(NC(=O)c4ccccc4)cc3)ncnc2cc1OCCCN1CCOCC1.COc1cc2c(Nc3ccc(NC(=O)c4ccccc4)cc3)ncnc2cc1OCCCN1CCOCC1. The largest absolute Gasteiger partial charge is 0.493 e. The van der Waals surface area contributed by atoms with Crippen LogP contribution in [0.15, 0.2) is 219 Å². The quantitative estimate of drug-likeness (QED) is 0.0228. The molecule has 27 nitrogen and oxygen atoms in total. The zero-order chi connectivity index (χ0) is 78.5. The Hall–Kier alpha value is -12.6. The Morgan fingerprint density at radius 1 is 0.325 bits per heavy atom. The van der Waals surface area contributed by atoms with E-state index in [4.69, 9.17) is 42.6 Å². The van der Waals surface area contributed by atoms with Crippen molar-refractivity contribution in [3.05, 3.63) is 236 Å². The van der Waals surface area contributed by atoms with E-state index in [1.807, 2.05) is 164 Å². The van der Waals surface area contributed by atoms with Crippen molar-refractivity contribution in [2.45, 2.75) is 19.3 Å². The van der Waals surface area contributed by atoms with Crippen LogP contribution in [0.25, 0.3) is 32.7 Å². The molecule has 3 aliphatic rings. The Morgan fingerprint density at radius 2 is 0.579 bits per heavy atom. The summed E-state index contributed by atoms with van der Waals surface area (Å²) in [5, 5.41) is 21.2. The van der Waals surface area contributed by atoms with Gasteiger partial charge in [-0.1, -0.05) is 54.6 Å². The fraction of sp³-hybridized carbons (Fsp3) is 0.276. The number of amides is 3. The summed E-state index contributed by atoms with van der Waals surface area (Å²) in [6.07, 6.45) is 7.31. The zero-order valence-corrected chi connectivity index (χ0v) is 64.1. The van der Waals surface area contributed by atoms with Gasteiger partial charge < -0.3 is 74.5 Å². The van der Waals surface area contributed by atoms with Crippen LogP contribution >= 0.6 is 0 Å². The third-order valence-electron chi connectivity index (χ3n) is 19.0. The van der Waals surface area contributed by atoms with Gasteiger partial charge in [0.05, 0.1) is 97.3 Å². The molecule has 3 aliphatic heterocycles. The van der Waals surface area contributed by atoms with Gasteiger partial charge >= 0.3 is 0 Å². The van der Waals surface area contributed by atoms with Gasteiger partial charge in [0.25, 0.3) is 17.7 Å². The van der Waals surface area contributed by atoms with Gasteiger partial charge in [-0.3, -0.25) is 29.1 Å². The zero-order valence-electron chi connectivity index (χ0n) is 64.1. The van der Waals surface area contributed by atoms with Gasteiger partial charge in [-0.25, -0.2) is 29.9 Å². The minimum Gasteiger partial charge on any atom is -0.493 e. The number of hydrogen-bond acceptors (Lipinski definition) is 24. The molecule has 3 saturated heterocycles. The molecule has 12 aromatic rings. The summed E-state index contributed by atoms with van der Waals surface area (Å²) in [4.78, 5) is 71.0. The van der Waals surface area contributed by atoms with Gasteiger partial charge in [-0.05, 0) is 147 Å². The van der Waals surface area contributed by atoms with E-state index < -0.39 is 0 Å². The van der Waals surface area contributed by atoms with Crippen molar-refractivity contribution in [1.82, 2.24) is 44.6 Å². The second kappa shape index (κ2) is 41.1. The van der Waals surface area contributed by atoms with Crippen LogP contribution in [0.1, 0.15) is 50.3 Å². The number of morpholine rings is 3. The number of ether oxygens (including phenoxy) is 9. The molecule has 588 valence electrons. The molecule has 0 bridgehead atoms. The van der Waals surface area contributed by atoms with Crippen molar-refractivity contribution in [3.8, 4) is 34.5 Å². The number of hydrogen-bond donors (Lipinski definition) is 6. The summed E-state index contributed by atoms with van der Waals surface area (Å²) in [5.41, 5.74) is 8.65. The summed E-state index contributed by atoms with van der Waals surface area (Å²) >= 11 is 0. The predicted octanol–water partition coefficient (Wildman–Crippen LogP) is 14.2. The first-order chi connectivity index (χ1) is 56.1. The van der Waals surface area contributed by atoms with Crippen molar-refractivity contribution in [3.63, 3.8) is 0 Å². The van der Waals surface area contributed by atoms with Crippen molar-refractivity contribution >= 4 is 102 Å². The molecule has 114 heavy (non-hydrogen) atoms. The summed E-state index contributed by atoms with van der Waals surface area (Å²) in [5.74, 6) is 5.33. The van der Waals surface area contributed by atoms with E-state index in [1.165, 1.54) is 19.0 Å². The molecule has 9 aromatic carbocycles. The number of anilines is 9. The second-order valence-electron chi connectivity index (χ2n) is 26.8. The van der Waals surface area contributed by atoms with E-state index in [0.717, 1.165) is 168 Å². The number of nitrogens with zero attached hydrogens (tertiary/aromatic N) is 9. The maximum Gasteiger partial charge on any atom is 0.255 e. The van der Waals surface area contributed by atoms with Crippen molar-refractivity contribution < 1.29 is 57.0 Å². The van der Waals surface area contributed by atoms with E-state index in [9.17, 15) is 14.4 Å². The predicted molar refractivity (Wildman–Crippen MR) is 443 cm³/mol. The highest BCUT2D eigenvalue weighted by Gasteiger charge is 2.20. The van der Waals surface area contributed by atoms with Gasteiger partial charge in [0.1, 0.15) is 36.4 Å². The van der Waals surface area contributed by atoms with Crippen molar-refractivity contribution in [1.29, 1.82) is 0 Å². The summed E-state index contributed by atoms with van der Waals surface area (Å²) in [7, 11) is 4.88. The van der Waals surface area contributed by atoms with Crippen molar-refractivity contribution in [2.75, 3.05) is 172 Å². The summed E-state index contributed by atoms with van der Waals surface area (Å²) in [6.45, 7) is 15.3. The van der Waals surface area contributed by atoms with Crippen LogP contribution in [-0.4, -0.2) is 202 Å². The highest BCUT2D eigenvalue weighted by Crippen LogP contribution is 2.39. The molecule has 0 unspecified atom stereocenters. The number of methoxy groups -OCH3 is 3. The average Bonchev–Trinajstić information content (AvgIpc) is 0.802. The monoisotopic (exact) mass is 1540 g/mol. The Bertz CT molecular complexity index is 4580. The number of fused-ring (bicyclic) bond motifs is 3. The molecule has 27 heteroatoms. The van der Waals surface area contributed by atoms with Crippen LogP contribution in [0.3, 0.4) is 0 Å². The molecule has 3 fully saturated rings. The molecule has 0 saturated carbocycles. The number of benzene rings is 9.